The van der Waals surface area contributed by atoms with E-state index in [9.17, 15) is 13.2 Å². The fraction of sp³-hybridized carbons (Fsp3) is 0.278. The molecule has 0 bridgehead atoms. The molecule has 3 rings (SSSR count). The van der Waals surface area contributed by atoms with Crippen molar-refractivity contribution in [1.29, 1.82) is 0 Å². The van der Waals surface area contributed by atoms with Crippen LogP contribution in [0.15, 0.2) is 52.1 Å². The minimum absolute atomic E-state index is 0.181. The zero-order valence-electron chi connectivity index (χ0n) is 13.7. The molecule has 5 nitrogen and oxygen atoms in total. The van der Waals surface area contributed by atoms with Gasteiger partial charge in [0.2, 0.25) is 15.9 Å². The quantitative estimate of drug-likeness (QED) is 0.789. The van der Waals surface area contributed by atoms with E-state index in [0.29, 0.717) is 24.5 Å². The van der Waals surface area contributed by atoms with E-state index in [1.807, 2.05) is 16.8 Å². The van der Waals surface area contributed by atoms with Gasteiger partial charge in [0, 0.05) is 25.7 Å². The number of hydrogen-bond donors (Lipinski definition) is 1. The molecule has 0 radical (unpaired) electrons. The maximum atomic E-state index is 12.5. The van der Waals surface area contributed by atoms with Crippen molar-refractivity contribution in [2.45, 2.75) is 24.3 Å². The average Bonchev–Trinajstić information content (AvgIpc) is 3.32. The first kappa shape index (κ1) is 17.8. The number of benzene rings is 1. The zero-order chi connectivity index (χ0) is 17.7. The lowest BCUT2D eigenvalue weighted by Crippen LogP contribution is -2.27. The molecule has 1 aliphatic rings. The Labute approximate surface area is 152 Å². The summed E-state index contributed by atoms with van der Waals surface area (Å²) in [6.45, 7) is 1.55. The first-order chi connectivity index (χ1) is 12.1. The van der Waals surface area contributed by atoms with Crippen LogP contribution in [-0.4, -0.2) is 31.7 Å². The predicted octanol–water partition coefficient (Wildman–Crippen LogP) is 2.86. The largest absolute Gasteiger partial charge is 0.348 e. The van der Waals surface area contributed by atoms with Crippen LogP contribution < -0.4 is 5.32 Å². The Morgan fingerprint density at radius 2 is 1.88 bits per heavy atom. The van der Waals surface area contributed by atoms with Crippen LogP contribution in [0.25, 0.3) is 6.08 Å². The van der Waals surface area contributed by atoms with Crippen LogP contribution in [0.1, 0.15) is 24.0 Å². The highest BCUT2D eigenvalue weighted by Gasteiger charge is 2.26. The van der Waals surface area contributed by atoms with Crippen LogP contribution in [0.5, 0.6) is 0 Å². The highest BCUT2D eigenvalue weighted by atomic mass is 32.2. The third-order valence-electron chi connectivity index (χ3n) is 4.06. The first-order valence-electron chi connectivity index (χ1n) is 8.13. The summed E-state index contributed by atoms with van der Waals surface area (Å²) in [4.78, 5) is 12.1. The Hall–Kier alpha value is -1.96. The maximum Gasteiger partial charge on any atom is 0.244 e. The molecule has 132 valence electrons. The van der Waals surface area contributed by atoms with Crippen molar-refractivity contribution < 1.29 is 13.2 Å². The van der Waals surface area contributed by atoms with Crippen LogP contribution in [0.2, 0.25) is 0 Å². The molecule has 1 amide bonds. The summed E-state index contributed by atoms with van der Waals surface area (Å²) < 4.78 is 26.4. The van der Waals surface area contributed by atoms with Gasteiger partial charge in [0.1, 0.15) is 0 Å². The molecule has 0 saturated carbocycles. The van der Waals surface area contributed by atoms with Crippen molar-refractivity contribution in [1.82, 2.24) is 9.62 Å². The lowest BCUT2D eigenvalue weighted by molar-refractivity contribution is -0.116. The summed E-state index contributed by atoms with van der Waals surface area (Å²) in [5.41, 5.74) is 1.86. The number of rotatable bonds is 6. The summed E-state index contributed by atoms with van der Waals surface area (Å²) in [6, 6.07) is 8.64. The Kier molecular flexibility index (Phi) is 5.67. The fourth-order valence-corrected chi connectivity index (χ4v) is 4.79. The first-order valence-corrected chi connectivity index (χ1v) is 10.5. The molecule has 0 atom stereocenters. The lowest BCUT2D eigenvalue weighted by Gasteiger charge is -2.15. The molecule has 1 aromatic carbocycles. The molecule has 0 unspecified atom stereocenters. The highest BCUT2D eigenvalue weighted by Crippen LogP contribution is 2.21. The number of thiophene rings is 1. The standard InChI is InChI=1S/C18H20N2O3S2/c21-18(8-5-16-9-12-24-14-16)19-13-15-3-6-17(7-4-15)25(22,23)20-10-1-2-11-20/h3-9,12,14H,1-2,10-11,13H2,(H,19,21)/b8-5+. The van der Waals surface area contributed by atoms with Crippen molar-refractivity contribution in [3.8, 4) is 0 Å². The van der Waals surface area contributed by atoms with Crippen LogP contribution in [0.4, 0.5) is 0 Å². The minimum Gasteiger partial charge on any atom is -0.348 e. The topological polar surface area (TPSA) is 66.5 Å². The van der Waals surface area contributed by atoms with Crippen LogP contribution in [0.3, 0.4) is 0 Å². The van der Waals surface area contributed by atoms with Crippen molar-refractivity contribution in [2.24, 2.45) is 0 Å². The van der Waals surface area contributed by atoms with E-state index in [2.05, 4.69) is 5.32 Å². The Balaban J connectivity index is 1.56. The van der Waals surface area contributed by atoms with Gasteiger partial charge < -0.3 is 5.32 Å². The number of amides is 1. The Bertz CT molecular complexity index is 835. The fourth-order valence-electron chi connectivity index (χ4n) is 2.65. The average molecular weight is 377 g/mol. The molecular formula is C18H20N2O3S2. The molecule has 2 heterocycles. The van der Waals surface area contributed by atoms with Crippen molar-refractivity contribution in [3.05, 3.63) is 58.3 Å². The number of nitrogens with zero attached hydrogens (tertiary/aromatic N) is 1. The third kappa shape index (κ3) is 4.56. The molecule has 0 spiro atoms. The molecule has 7 heteroatoms. The van der Waals surface area contributed by atoms with Gasteiger partial charge in [-0.15, -0.1) is 0 Å². The molecule has 1 saturated heterocycles. The predicted molar refractivity (Wildman–Crippen MR) is 99.6 cm³/mol. The summed E-state index contributed by atoms with van der Waals surface area (Å²) in [5.74, 6) is -0.181. The third-order valence-corrected chi connectivity index (χ3v) is 6.68. The maximum absolute atomic E-state index is 12.5. The smallest absolute Gasteiger partial charge is 0.244 e. The molecule has 0 aliphatic carbocycles. The van der Waals surface area contributed by atoms with E-state index in [1.165, 1.54) is 10.4 Å². The molecular weight excluding hydrogens is 356 g/mol. The number of sulfonamides is 1. The Morgan fingerprint density at radius 1 is 1.16 bits per heavy atom. The van der Waals surface area contributed by atoms with Gasteiger partial charge in [0.05, 0.1) is 4.90 Å². The van der Waals surface area contributed by atoms with Gasteiger partial charge in [-0.05, 0) is 59.0 Å². The van der Waals surface area contributed by atoms with Gasteiger partial charge in [-0.3, -0.25) is 4.79 Å². The Morgan fingerprint density at radius 3 is 2.52 bits per heavy atom. The second kappa shape index (κ2) is 7.95. The van der Waals surface area contributed by atoms with Crippen LogP contribution >= 0.6 is 11.3 Å². The van der Waals surface area contributed by atoms with Gasteiger partial charge >= 0.3 is 0 Å². The molecule has 2 aromatic rings. The summed E-state index contributed by atoms with van der Waals surface area (Å²) in [7, 11) is -3.38. The summed E-state index contributed by atoms with van der Waals surface area (Å²) >= 11 is 1.58. The van der Waals surface area contributed by atoms with Crippen LogP contribution in [0, 0.1) is 0 Å². The SMILES string of the molecule is O=C(/C=C/c1ccsc1)NCc1ccc(S(=O)(=O)N2CCCC2)cc1. The van der Waals surface area contributed by atoms with Gasteiger partial charge in [0.15, 0.2) is 0 Å². The van der Waals surface area contributed by atoms with E-state index in [0.717, 1.165) is 24.0 Å². The summed E-state index contributed by atoms with van der Waals surface area (Å²) in [5, 5.41) is 6.71. The highest BCUT2D eigenvalue weighted by molar-refractivity contribution is 7.89. The molecule has 1 fully saturated rings. The van der Waals surface area contributed by atoms with Crippen molar-refractivity contribution in [2.75, 3.05) is 13.1 Å². The normalized spacial score (nSPS) is 15.7. The number of hydrogen-bond acceptors (Lipinski definition) is 4. The number of nitrogens with one attached hydrogen (secondary N) is 1. The molecule has 1 aliphatic heterocycles. The van der Waals surface area contributed by atoms with E-state index in [1.54, 1.807) is 41.7 Å². The van der Waals surface area contributed by atoms with E-state index in [-0.39, 0.29) is 5.91 Å². The van der Waals surface area contributed by atoms with E-state index in [4.69, 9.17) is 0 Å². The van der Waals surface area contributed by atoms with Crippen molar-refractivity contribution in [3.63, 3.8) is 0 Å². The second-order valence-electron chi connectivity index (χ2n) is 5.86. The van der Waals surface area contributed by atoms with Gasteiger partial charge in [-0.25, -0.2) is 8.42 Å². The van der Waals surface area contributed by atoms with E-state index < -0.39 is 10.0 Å². The lowest BCUT2D eigenvalue weighted by atomic mass is 10.2. The number of carbonyl (C=O) groups is 1. The second-order valence-corrected chi connectivity index (χ2v) is 8.58. The van der Waals surface area contributed by atoms with Gasteiger partial charge in [-0.1, -0.05) is 12.1 Å². The minimum atomic E-state index is -3.38. The van der Waals surface area contributed by atoms with Crippen molar-refractivity contribution >= 4 is 33.3 Å². The number of carbonyl (C=O) groups excluding carboxylic acids is 1. The zero-order valence-corrected chi connectivity index (χ0v) is 15.4. The van der Waals surface area contributed by atoms with Gasteiger partial charge in [0.25, 0.3) is 0 Å². The molecule has 25 heavy (non-hydrogen) atoms. The molecule has 1 N–H and O–H groups in total. The van der Waals surface area contributed by atoms with E-state index >= 15 is 0 Å². The molecule has 1 aromatic heterocycles. The monoisotopic (exact) mass is 376 g/mol. The van der Waals surface area contributed by atoms with Gasteiger partial charge in [-0.2, -0.15) is 15.6 Å². The summed E-state index contributed by atoms with van der Waals surface area (Å²) in [6.07, 6.45) is 5.09. The van der Waals surface area contributed by atoms with Crippen LogP contribution in [-0.2, 0) is 21.4 Å².